The van der Waals surface area contributed by atoms with Gasteiger partial charge >= 0.3 is 0 Å². The van der Waals surface area contributed by atoms with Gasteiger partial charge in [0, 0.05) is 24.0 Å². The Balaban J connectivity index is 2.29. The first-order chi connectivity index (χ1) is 10.4. The zero-order valence-corrected chi connectivity index (χ0v) is 13.7. The maximum Gasteiger partial charge on any atom is 0.128 e. The third-order valence-electron chi connectivity index (χ3n) is 3.46. The lowest BCUT2D eigenvalue weighted by molar-refractivity contribution is 0.446. The second kappa shape index (κ2) is 6.65. The van der Waals surface area contributed by atoms with Gasteiger partial charge in [0.2, 0.25) is 0 Å². The summed E-state index contributed by atoms with van der Waals surface area (Å²) in [6, 6.07) is 13.7. The minimum absolute atomic E-state index is 0.0983. The second-order valence-electron chi connectivity index (χ2n) is 6.33. The van der Waals surface area contributed by atoms with E-state index < -0.39 is 0 Å². The van der Waals surface area contributed by atoms with E-state index in [1.54, 1.807) is 6.21 Å². The van der Waals surface area contributed by atoms with Crippen LogP contribution in [0, 0.1) is 0 Å². The molecule has 22 heavy (non-hydrogen) atoms. The highest BCUT2D eigenvalue weighted by Gasteiger charge is 2.19. The number of aromatic hydroxyl groups is 1. The van der Waals surface area contributed by atoms with Crippen molar-refractivity contribution in [1.82, 2.24) is 0 Å². The number of anilines is 1. The zero-order valence-electron chi connectivity index (χ0n) is 13.7. The number of para-hydroxylation sites is 1. The van der Waals surface area contributed by atoms with Crippen LogP contribution in [0.3, 0.4) is 0 Å². The molecular formula is C19H24N2O. The summed E-state index contributed by atoms with van der Waals surface area (Å²) in [5, 5.41) is 13.7. The van der Waals surface area contributed by atoms with Gasteiger partial charge in [-0.05, 0) is 42.2 Å². The number of benzene rings is 2. The van der Waals surface area contributed by atoms with Crippen LogP contribution in [-0.4, -0.2) is 17.9 Å². The Kier molecular flexibility index (Phi) is 4.86. The lowest BCUT2D eigenvalue weighted by atomic mass is 9.85. The first-order valence-corrected chi connectivity index (χ1v) is 7.62. The number of hydrogen-bond acceptors (Lipinski definition) is 3. The Bertz CT molecular complexity index is 669. The predicted octanol–water partition coefficient (Wildman–Crippen LogP) is 4.87. The van der Waals surface area contributed by atoms with Crippen LogP contribution in [0.2, 0.25) is 0 Å². The molecule has 0 heterocycles. The van der Waals surface area contributed by atoms with Crippen LogP contribution in [0.25, 0.3) is 0 Å². The lowest BCUT2D eigenvalue weighted by Gasteiger charge is -2.21. The molecule has 3 heteroatoms. The monoisotopic (exact) mass is 296 g/mol. The van der Waals surface area contributed by atoms with Crippen molar-refractivity contribution >= 4 is 17.6 Å². The molecule has 2 N–H and O–H groups in total. The fourth-order valence-electron chi connectivity index (χ4n) is 2.32. The summed E-state index contributed by atoms with van der Waals surface area (Å²) in [5.41, 5.74) is 3.47. The third kappa shape index (κ3) is 3.88. The van der Waals surface area contributed by atoms with E-state index in [1.807, 2.05) is 42.5 Å². The first-order valence-electron chi connectivity index (χ1n) is 7.62. The van der Waals surface area contributed by atoms with Gasteiger partial charge < -0.3 is 10.4 Å². The average Bonchev–Trinajstić information content (AvgIpc) is 2.46. The van der Waals surface area contributed by atoms with Crippen molar-refractivity contribution in [3.05, 3.63) is 53.6 Å². The summed E-state index contributed by atoms with van der Waals surface area (Å²) < 4.78 is 0. The van der Waals surface area contributed by atoms with Gasteiger partial charge in [0.05, 0.1) is 5.69 Å². The smallest absolute Gasteiger partial charge is 0.128 e. The van der Waals surface area contributed by atoms with Crippen molar-refractivity contribution in [2.75, 3.05) is 11.9 Å². The molecule has 2 rings (SSSR count). The summed E-state index contributed by atoms with van der Waals surface area (Å²) >= 11 is 0. The summed E-state index contributed by atoms with van der Waals surface area (Å²) in [7, 11) is 0. The number of aliphatic imine (C=N–C) groups is 1. The molecule has 0 saturated heterocycles. The van der Waals surface area contributed by atoms with E-state index in [4.69, 9.17) is 0 Å². The van der Waals surface area contributed by atoms with Crippen LogP contribution in [-0.2, 0) is 5.41 Å². The molecule has 0 unspecified atom stereocenters. The third-order valence-corrected chi connectivity index (χ3v) is 3.46. The Morgan fingerprint density at radius 3 is 2.55 bits per heavy atom. The van der Waals surface area contributed by atoms with Gasteiger partial charge in [-0.25, -0.2) is 0 Å². The number of nitrogens with one attached hydrogen (secondary N) is 1. The first kappa shape index (κ1) is 16.1. The fourth-order valence-corrected chi connectivity index (χ4v) is 2.32. The van der Waals surface area contributed by atoms with Gasteiger partial charge in [0.25, 0.3) is 0 Å². The van der Waals surface area contributed by atoms with Crippen LogP contribution in [0.5, 0.6) is 5.75 Å². The van der Waals surface area contributed by atoms with E-state index in [9.17, 15) is 5.11 Å². The number of phenols is 1. The molecular weight excluding hydrogens is 272 g/mol. The maximum atomic E-state index is 10.4. The molecule has 2 aromatic rings. The van der Waals surface area contributed by atoms with E-state index >= 15 is 0 Å². The molecule has 0 atom stereocenters. The van der Waals surface area contributed by atoms with Gasteiger partial charge in [0.1, 0.15) is 5.75 Å². The van der Waals surface area contributed by atoms with Crippen molar-refractivity contribution in [1.29, 1.82) is 0 Å². The highest BCUT2D eigenvalue weighted by molar-refractivity contribution is 5.86. The van der Waals surface area contributed by atoms with E-state index in [0.717, 1.165) is 29.0 Å². The second-order valence-corrected chi connectivity index (χ2v) is 6.33. The minimum Gasteiger partial charge on any atom is -0.507 e. The number of nitrogens with zero attached hydrogens (tertiary/aromatic N) is 1. The maximum absolute atomic E-state index is 10.4. The van der Waals surface area contributed by atoms with Gasteiger partial charge in [-0.3, -0.25) is 4.99 Å². The van der Waals surface area contributed by atoms with Crippen molar-refractivity contribution < 1.29 is 5.11 Å². The molecule has 0 aliphatic rings. The number of rotatable bonds is 4. The molecule has 0 spiro atoms. The SMILES string of the molecule is CCNc1cccc(/N=C/c2cccc(C(C)(C)C)c2O)c1. The molecule has 0 saturated carbocycles. The Hall–Kier alpha value is -2.29. The molecule has 0 fully saturated rings. The normalized spacial score (nSPS) is 11.8. The predicted molar refractivity (Wildman–Crippen MR) is 94.7 cm³/mol. The van der Waals surface area contributed by atoms with Crippen molar-refractivity contribution in [2.45, 2.75) is 33.1 Å². The largest absolute Gasteiger partial charge is 0.507 e. The van der Waals surface area contributed by atoms with E-state index in [-0.39, 0.29) is 5.41 Å². The van der Waals surface area contributed by atoms with Crippen LogP contribution in [0.1, 0.15) is 38.8 Å². The van der Waals surface area contributed by atoms with Crippen LogP contribution in [0.4, 0.5) is 11.4 Å². The van der Waals surface area contributed by atoms with Crippen LogP contribution < -0.4 is 5.32 Å². The van der Waals surface area contributed by atoms with Crippen LogP contribution >= 0.6 is 0 Å². The quantitative estimate of drug-likeness (QED) is 0.790. The van der Waals surface area contributed by atoms with E-state index in [0.29, 0.717) is 5.75 Å². The standard InChI is InChI=1S/C19H24N2O/c1-5-20-15-9-7-10-16(12-15)21-13-14-8-6-11-17(18(14)22)19(2,3)4/h6-13,20,22H,5H2,1-4H3/b21-13+. The van der Waals surface area contributed by atoms with Gasteiger partial charge in [-0.1, -0.05) is 39.0 Å². The fraction of sp³-hybridized carbons (Fsp3) is 0.316. The molecule has 0 aliphatic heterocycles. The molecule has 116 valence electrons. The molecule has 2 aromatic carbocycles. The van der Waals surface area contributed by atoms with Crippen molar-refractivity contribution in [3.8, 4) is 5.75 Å². The Morgan fingerprint density at radius 2 is 1.86 bits per heavy atom. The van der Waals surface area contributed by atoms with Gasteiger partial charge in [-0.15, -0.1) is 0 Å². The molecule has 0 amide bonds. The molecule has 0 aliphatic carbocycles. The van der Waals surface area contributed by atoms with E-state index in [1.165, 1.54) is 0 Å². The summed E-state index contributed by atoms with van der Waals surface area (Å²) in [6.07, 6.45) is 1.72. The molecule has 0 radical (unpaired) electrons. The lowest BCUT2D eigenvalue weighted by Crippen LogP contribution is -2.11. The van der Waals surface area contributed by atoms with Crippen LogP contribution in [0.15, 0.2) is 47.5 Å². The van der Waals surface area contributed by atoms with Crippen molar-refractivity contribution in [2.24, 2.45) is 4.99 Å². The molecule has 0 bridgehead atoms. The van der Waals surface area contributed by atoms with E-state index in [2.05, 4.69) is 38.0 Å². The highest BCUT2D eigenvalue weighted by atomic mass is 16.3. The highest BCUT2D eigenvalue weighted by Crippen LogP contribution is 2.32. The Labute approximate surface area is 132 Å². The average molecular weight is 296 g/mol. The molecule has 3 nitrogen and oxygen atoms in total. The topological polar surface area (TPSA) is 44.6 Å². The molecule has 0 aromatic heterocycles. The van der Waals surface area contributed by atoms with Crippen molar-refractivity contribution in [3.63, 3.8) is 0 Å². The van der Waals surface area contributed by atoms with Gasteiger partial charge in [0.15, 0.2) is 0 Å². The summed E-state index contributed by atoms with van der Waals surface area (Å²) in [5.74, 6) is 0.307. The Morgan fingerprint density at radius 1 is 1.14 bits per heavy atom. The number of hydrogen-bond donors (Lipinski definition) is 2. The summed E-state index contributed by atoms with van der Waals surface area (Å²) in [4.78, 5) is 4.48. The van der Waals surface area contributed by atoms with Gasteiger partial charge in [-0.2, -0.15) is 0 Å². The number of phenolic OH excluding ortho intramolecular Hbond substituents is 1. The summed E-state index contributed by atoms with van der Waals surface area (Å²) in [6.45, 7) is 9.20. The zero-order chi connectivity index (χ0) is 16.2. The minimum atomic E-state index is -0.0983.